The van der Waals surface area contributed by atoms with Crippen LogP contribution >= 0.6 is 0 Å². The quantitative estimate of drug-likeness (QED) is 0.693. The van der Waals surface area contributed by atoms with Crippen molar-refractivity contribution in [2.45, 2.75) is 12.8 Å². The Balaban J connectivity index is 2.04. The van der Waals surface area contributed by atoms with Crippen LogP contribution in [0.2, 0.25) is 0 Å². The third-order valence-electron chi connectivity index (χ3n) is 2.21. The second-order valence-electron chi connectivity index (χ2n) is 3.12. The van der Waals surface area contributed by atoms with E-state index in [2.05, 4.69) is 16.6 Å². The summed E-state index contributed by atoms with van der Waals surface area (Å²) in [5.41, 5.74) is 0.516. The number of hydrogen-bond donors (Lipinski definition) is 1. The van der Waals surface area contributed by atoms with Crippen molar-refractivity contribution in [2.75, 3.05) is 13.1 Å². The molecule has 1 aromatic heterocycles. The Morgan fingerprint density at radius 3 is 2.85 bits per heavy atom. The zero-order chi connectivity index (χ0) is 9.10. The van der Waals surface area contributed by atoms with E-state index in [-0.39, 0.29) is 5.91 Å². The SMILES string of the molecule is O=C(c1cc[nH]n1)N1CC[CH]CC1. The molecule has 0 aromatic carbocycles. The van der Waals surface area contributed by atoms with Crippen LogP contribution in [0.5, 0.6) is 0 Å². The van der Waals surface area contributed by atoms with Gasteiger partial charge in [0.1, 0.15) is 5.69 Å². The number of amides is 1. The van der Waals surface area contributed by atoms with Gasteiger partial charge in [0.05, 0.1) is 0 Å². The number of likely N-dealkylation sites (tertiary alicyclic amines) is 1. The standard InChI is InChI=1S/C9H12N3O/c13-9(8-4-5-10-11-8)12-6-2-1-3-7-12/h1,4-5H,2-3,6-7H2,(H,10,11). The average molecular weight is 178 g/mol. The van der Waals surface area contributed by atoms with E-state index in [1.165, 1.54) is 0 Å². The third-order valence-corrected chi connectivity index (χ3v) is 2.21. The monoisotopic (exact) mass is 178 g/mol. The highest BCUT2D eigenvalue weighted by Gasteiger charge is 2.19. The minimum atomic E-state index is 0.0364. The van der Waals surface area contributed by atoms with E-state index in [9.17, 15) is 4.79 Å². The molecule has 1 aliphatic heterocycles. The van der Waals surface area contributed by atoms with Gasteiger partial charge in [0.15, 0.2) is 0 Å². The van der Waals surface area contributed by atoms with Crippen molar-refractivity contribution in [2.24, 2.45) is 0 Å². The van der Waals surface area contributed by atoms with Crippen LogP contribution in [0.25, 0.3) is 0 Å². The summed E-state index contributed by atoms with van der Waals surface area (Å²) in [7, 11) is 0. The zero-order valence-electron chi connectivity index (χ0n) is 7.36. The Morgan fingerprint density at radius 1 is 1.46 bits per heavy atom. The van der Waals surface area contributed by atoms with Crippen LogP contribution < -0.4 is 0 Å². The van der Waals surface area contributed by atoms with E-state index in [1.807, 2.05) is 4.90 Å². The minimum Gasteiger partial charge on any atom is -0.337 e. The number of aromatic nitrogens is 2. The number of piperidine rings is 1. The van der Waals surface area contributed by atoms with Crippen molar-refractivity contribution < 1.29 is 4.79 Å². The molecule has 1 aromatic rings. The number of aromatic amines is 1. The van der Waals surface area contributed by atoms with Crippen LogP contribution in [-0.4, -0.2) is 34.1 Å². The van der Waals surface area contributed by atoms with E-state index in [0.717, 1.165) is 25.9 Å². The lowest BCUT2D eigenvalue weighted by Crippen LogP contribution is -2.35. The minimum absolute atomic E-state index is 0.0364. The van der Waals surface area contributed by atoms with Crippen LogP contribution in [0.1, 0.15) is 23.3 Å². The number of H-pyrrole nitrogens is 1. The molecule has 1 saturated heterocycles. The highest BCUT2D eigenvalue weighted by molar-refractivity contribution is 5.92. The van der Waals surface area contributed by atoms with Crippen molar-refractivity contribution in [3.63, 3.8) is 0 Å². The van der Waals surface area contributed by atoms with Crippen molar-refractivity contribution in [1.29, 1.82) is 0 Å². The second kappa shape index (κ2) is 3.60. The summed E-state index contributed by atoms with van der Waals surface area (Å²) >= 11 is 0. The van der Waals surface area contributed by atoms with Gasteiger partial charge in [-0.25, -0.2) is 0 Å². The molecule has 0 atom stereocenters. The highest BCUT2D eigenvalue weighted by Crippen LogP contribution is 2.10. The molecule has 1 radical (unpaired) electrons. The number of rotatable bonds is 1. The molecule has 13 heavy (non-hydrogen) atoms. The first-order chi connectivity index (χ1) is 6.38. The van der Waals surface area contributed by atoms with Gasteiger partial charge in [-0.3, -0.25) is 9.89 Å². The largest absolute Gasteiger partial charge is 0.337 e. The van der Waals surface area contributed by atoms with Crippen LogP contribution in [0, 0.1) is 6.42 Å². The van der Waals surface area contributed by atoms with Gasteiger partial charge in [0, 0.05) is 19.3 Å². The summed E-state index contributed by atoms with van der Waals surface area (Å²) in [6.07, 6.45) is 5.88. The fourth-order valence-electron chi connectivity index (χ4n) is 1.49. The van der Waals surface area contributed by atoms with Gasteiger partial charge < -0.3 is 4.90 Å². The van der Waals surface area contributed by atoms with Crippen LogP contribution in [-0.2, 0) is 0 Å². The first-order valence-corrected chi connectivity index (χ1v) is 4.48. The molecule has 1 aliphatic rings. The molecular formula is C9H12N3O. The van der Waals surface area contributed by atoms with Gasteiger partial charge in [-0.1, -0.05) is 0 Å². The topological polar surface area (TPSA) is 49.0 Å². The summed E-state index contributed by atoms with van der Waals surface area (Å²) < 4.78 is 0. The molecule has 0 spiro atoms. The van der Waals surface area contributed by atoms with E-state index in [1.54, 1.807) is 12.3 Å². The Labute approximate surface area is 76.9 Å². The summed E-state index contributed by atoms with van der Waals surface area (Å²) in [5.74, 6) is 0.0364. The van der Waals surface area contributed by atoms with Crippen LogP contribution in [0.3, 0.4) is 0 Å². The van der Waals surface area contributed by atoms with E-state index in [0.29, 0.717) is 5.69 Å². The number of carbonyl (C=O) groups is 1. The number of nitrogens with one attached hydrogen (secondary N) is 1. The maximum absolute atomic E-state index is 11.7. The Morgan fingerprint density at radius 2 is 2.23 bits per heavy atom. The maximum atomic E-state index is 11.7. The molecule has 0 aliphatic carbocycles. The fourth-order valence-corrected chi connectivity index (χ4v) is 1.49. The van der Waals surface area contributed by atoms with Crippen molar-refractivity contribution in [3.05, 3.63) is 24.4 Å². The Kier molecular flexibility index (Phi) is 2.29. The lowest BCUT2D eigenvalue weighted by molar-refractivity contribution is 0.0736. The molecule has 4 nitrogen and oxygen atoms in total. The lowest BCUT2D eigenvalue weighted by atomic mass is 10.1. The zero-order valence-corrected chi connectivity index (χ0v) is 7.36. The third kappa shape index (κ3) is 1.71. The van der Waals surface area contributed by atoms with Crippen molar-refractivity contribution >= 4 is 5.91 Å². The molecule has 69 valence electrons. The summed E-state index contributed by atoms with van der Waals surface area (Å²) in [4.78, 5) is 13.5. The predicted octanol–water partition coefficient (Wildman–Crippen LogP) is 0.850. The summed E-state index contributed by atoms with van der Waals surface area (Å²) in [6, 6.07) is 1.71. The van der Waals surface area contributed by atoms with E-state index < -0.39 is 0 Å². The molecule has 4 heteroatoms. The number of carbonyl (C=O) groups excluding carboxylic acids is 1. The molecular weight excluding hydrogens is 166 g/mol. The number of hydrogen-bond acceptors (Lipinski definition) is 2. The van der Waals surface area contributed by atoms with Crippen LogP contribution in [0.4, 0.5) is 0 Å². The van der Waals surface area contributed by atoms with Crippen molar-refractivity contribution in [3.8, 4) is 0 Å². The summed E-state index contributed by atoms with van der Waals surface area (Å²) in [5, 5.41) is 6.51. The van der Waals surface area contributed by atoms with E-state index >= 15 is 0 Å². The van der Waals surface area contributed by atoms with Gasteiger partial charge in [-0.15, -0.1) is 0 Å². The molecule has 1 amide bonds. The molecule has 2 heterocycles. The molecule has 0 unspecified atom stereocenters. The first kappa shape index (κ1) is 8.29. The predicted molar refractivity (Wildman–Crippen MR) is 48.0 cm³/mol. The van der Waals surface area contributed by atoms with Gasteiger partial charge >= 0.3 is 0 Å². The summed E-state index contributed by atoms with van der Waals surface area (Å²) in [6.45, 7) is 1.65. The molecule has 0 saturated carbocycles. The van der Waals surface area contributed by atoms with Gasteiger partial charge in [-0.05, 0) is 25.3 Å². The fraction of sp³-hybridized carbons (Fsp3) is 0.444. The van der Waals surface area contributed by atoms with Crippen LogP contribution in [0.15, 0.2) is 12.3 Å². The maximum Gasteiger partial charge on any atom is 0.274 e. The molecule has 1 fully saturated rings. The van der Waals surface area contributed by atoms with Gasteiger partial charge in [0.2, 0.25) is 0 Å². The van der Waals surface area contributed by atoms with Gasteiger partial charge in [0.25, 0.3) is 5.91 Å². The lowest BCUT2D eigenvalue weighted by Gasteiger charge is -2.25. The van der Waals surface area contributed by atoms with Gasteiger partial charge in [-0.2, -0.15) is 5.10 Å². The molecule has 2 rings (SSSR count). The number of nitrogens with zero attached hydrogens (tertiary/aromatic N) is 2. The highest BCUT2D eigenvalue weighted by atomic mass is 16.2. The normalized spacial score (nSPS) is 17.4. The van der Waals surface area contributed by atoms with Crippen molar-refractivity contribution in [1.82, 2.24) is 15.1 Å². The second-order valence-corrected chi connectivity index (χ2v) is 3.12. The smallest absolute Gasteiger partial charge is 0.274 e. The van der Waals surface area contributed by atoms with E-state index in [4.69, 9.17) is 0 Å². The Hall–Kier alpha value is -1.32. The average Bonchev–Trinajstić information content (AvgIpc) is 2.71. The molecule has 1 N–H and O–H groups in total. The first-order valence-electron chi connectivity index (χ1n) is 4.48. The Bertz CT molecular complexity index is 275. The molecule has 0 bridgehead atoms.